The molecule has 2 amide bonds. The van der Waals surface area contributed by atoms with Gasteiger partial charge in [-0.05, 0) is 37.3 Å². The minimum absolute atomic E-state index is 0.00300. The van der Waals surface area contributed by atoms with Gasteiger partial charge in [0.05, 0.1) is 54.7 Å². The molecule has 200 valence electrons. The molecule has 10 nitrogen and oxygen atoms in total. The SMILES string of the molecule is COc1ccc(Nc2ccc(CNC(=O)[C@]3(NC(=O)c4cnc(C)nc4)CCOC3)nc2)c(C(F)(F)F)c1. The van der Waals surface area contributed by atoms with Crippen LogP contribution in [0.25, 0.3) is 0 Å². The molecule has 3 aromatic rings. The van der Waals surface area contributed by atoms with Gasteiger partial charge < -0.3 is 25.4 Å². The summed E-state index contributed by atoms with van der Waals surface area (Å²) in [5.41, 5.74) is -1.31. The Morgan fingerprint density at radius 1 is 1.11 bits per heavy atom. The molecule has 0 spiro atoms. The van der Waals surface area contributed by atoms with Crippen LogP contribution in [0.5, 0.6) is 5.75 Å². The molecule has 4 rings (SSSR count). The van der Waals surface area contributed by atoms with Crippen LogP contribution in [-0.4, -0.2) is 52.6 Å². The van der Waals surface area contributed by atoms with Crippen LogP contribution in [-0.2, 0) is 22.3 Å². The molecule has 3 N–H and O–H groups in total. The van der Waals surface area contributed by atoms with E-state index in [0.29, 0.717) is 23.8 Å². The minimum Gasteiger partial charge on any atom is -0.497 e. The number of aromatic nitrogens is 3. The lowest BCUT2D eigenvalue weighted by Crippen LogP contribution is -2.59. The van der Waals surface area contributed by atoms with E-state index in [1.54, 1.807) is 19.1 Å². The van der Waals surface area contributed by atoms with Crippen LogP contribution >= 0.6 is 0 Å². The lowest BCUT2D eigenvalue weighted by atomic mass is 9.96. The van der Waals surface area contributed by atoms with Gasteiger partial charge in [-0.3, -0.25) is 14.6 Å². The maximum Gasteiger partial charge on any atom is 0.418 e. The maximum atomic E-state index is 13.5. The van der Waals surface area contributed by atoms with Crippen LogP contribution in [0.2, 0.25) is 0 Å². The summed E-state index contributed by atoms with van der Waals surface area (Å²) in [5, 5.41) is 8.20. The Morgan fingerprint density at radius 3 is 2.47 bits per heavy atom. The number of hydrogen-bond donors (Lipinski definition) is 3. The number of nitrogens with one attached hydrogen (secondary N) is 3. The van der Waals surface area contributed by atoms with Crippen molar-refractivity contribution in [2.24, 2.45) is 0 Å². The summed E-state index contributed by atoms with van der Waals surface area (Å²) in [4.78, 5) is 38.0. The summed E-state index contributed by atoms with van der Waals surface area (Å²) >= 11 is 0. The number of rotatable bonds is 8. The van der Waals surface area contributed by atoms with E-state index in [2.05, 4.69) is 30.9 Å². The zero-order valence-corrected chi connectivity index (χ0v) is 20.6. The zero-order valence-electron chi connectivity index (χ0n) is 20.6. The minimum atomic E-state index is -4.59. The predicted molar refractivity (Wildman–Crippen MR) is 130 cm³/mol. The predicted octanol–water partition coefficient (Wildman–Crippen LogP) is 3.16. The lowest BCUT2D eigenvalue weighted by Gasteiger charge is -2.27. The average Bonchev–Trinajstić information content (AvgIpc) is 3.37. The van der Waals surface area contributed by atoms with Gasteiger partial charge in [-0.1, -0.05) is 0 Å². The molecule has 1 fully saturated rings. The van der Waals surface area contributed by atoms with Crippen LogP contribution in [0.4, 0.5) is 24.5 Å². The number of nitrogens with zero attached hydrogens (tertiary/aromatic N) is 3. The Bertz CT molecular complexity index is 1290. The highest BCUT2D eigenvalue weighted by Crippen LogP contribution is 2.38. The maximum absolute atomic E-state index is 13.5. The quantitative estimate of drug-likeness (QED) is 0.405. The Balaban J connectivity index is 1.40. The summed E-state index contributed by atoms with van der Waals surface area (Å²) in [6.07, 6.45) is -0.197. The van der Waals surface area contributed by atoms with Gasteiger partial charge in [-0.15, -0.1) is 0 Å². The van der Waals surface area contributed by atoms with E-state index in [1.807, 2.05) is 0 Å². The van der Waals surface area contributed by atoms with Gasteiger partial charge in [-0.2, -0.15) is 13.2 Å². The molecule has 1 atom stereocenters. The number of carbonyl (C=O) groups excluding carboxylic acids is 2. The van der Waals surface area contributed by atoms with Gasteiger partial charge in [0.2, 0.25) is 5.91 Å². The zero-order chi connectivity index (χ0) is 27.3. The van der Waals surface area contributed by atoms with Crippen LogP contribution < -0.4 is 20.7 Å². The summed E-state index contributed by atoms with van der Waals surface area (Å²) in [6, 6.07) is 6.72. The molecule has 0 saturated carbocycles. The fourth-order valence-electron chi connectivity index (χ4n) is 3.79. The van der Waals surface area contributed by atoms with Gasteiger partial charge in [0, 0.05) is 25.4 Å². The first-order valence-electron chi connectivity index (χ1n) is 11.5. The Hall–Kier alpha value is -4.26. The molecular weight excluding hydrogens is 505 g/mol. The molecule has 1 saturated heterocycles. The number of anilines is 2. The highest BCUT2D eigenvalue weighted by atomic mass is 19.4. The monoisotopic (exact) mass is 530 g/mol. The number of benzene rings is 1. The van der Waals surface area contributed by atoms with Crippen LogP contribution in [0.1, 0.15) is 33.9 Å². The molecule has 1 aromatic carbocycles. The number of halogens is 3. The van der Waals surface area contributed by atoms with Crippen molar-refractivity contribution in [2.75, 3.05) is 25.6 Å². The highest BCUT2D eigenvalue weighted by Gasteiger charge is 2.44. The molecule has 13 heteroatoms. The Kier molecular flexibility index (Phi) is 7.76. The molecule has 0 aliphatic carbocycles. The highest BCUT2D eigenvalue weighted by molar-refractivity contribution is 5.99. The molecule has 2 aromatic heterocycles. The summed E-state index contributed by atoms with van der Waals surface area (Å²) in [5.74, 6) is -0.359. The molecule has 1 aliphatic heterocycles. The molecule has 0 bridgehead atoms. The van der Waals surface area contributed by atoms with E-state index < -0.39 is 29.1 Å². The second kappa shape index (κ2) is 11.0. The van der Waals surface area contributed by atoms with Crippen molar-refractivity contribution >= 4 is 23.2 Å². The number of aryl methyl sites for hydroxylation is 1. The first kappa shape index (κ1) is 26.8. The number of hydrogen-bond acceptors (Lipinski definition) is 8. The number of amides is 2. The average molecular weight is 531 g/mol. The number of pyridine rings is 1. The van der Waals surface area contributed by atoms with Crippen LogP contribution in [0.15, 0.2) is 48.9 Å². The third kappa shape index (κ3) is 6.17. The number of ether oxygens (including phenoxy) is 2. The smallest absolute Gasteiger partial charge is 0.418 e. The molecular formula is C25H25F3N6O4. The van der Waals surface area contributed by atoms with E-state index in [0.717, 1.165) is 6.07 Å². The van der Waals surface area contributed by atoms with Gasteiger partial charge in [0.15, 0.2) is 0 Å². The van der Waals surface area contributed by atoms with Crippen LogP contribution in [0.3, 0.4) is 0 Å². The van der Waals surface area contributed by atoms with Gasteiger partial charge in [-0.25, -0.2) is 9.97 Å². The second-order valence-electron chi connectivity index (χ2n) is 8.61. The van der Waals surface area contributed by atoms with Crippen molar-refractivity contribution in [2.45, 2.75) is 31.6 Å². The number of methoxy groups -OCH3 is 1. The third-order valence-electron chi connectivity index (χ3n) is 5.92. The first-order chi connectivity index (χ1) is 18.1. The van der Waals surface area contributed by atoms with E-state index in [4.69, 9.17) is 9.47 Å². The van der Waals surface area contributed by atoms with Gasteiger partial charge in [0.1, 0.15) is 17.1 Å². The summed E-state index contributed by atoms with van der Waals surface area (Å²) in [6.45, 7) is 2.01. The molecule has 1 aliphatic rings. The van der Waals surface area contributed by atoms with Crippen molar-refractivity contribution < 1.29 is 32.2 Å². The summed E-state index contributed by atoms with van der Waals surface area (Å²) < 4.78 is 50.7. The van der Waals surface area contributed by atoms with E-state index >= 15 is 0 Å². The fourth-order valence-corrected chi connectivity index (χ4v) is 3.79. The Morgan fingerprint density at radius 2 is 1.87 bits per heavy atom. The van der Waals surface area contributed by atoms with E-state index in [9.17, 15) is 22.8 Å². The lowest BCUT2D eigenvalue weighted by molar-refractivity contribution is -0.137. The Labute approximate surface area is 216 Å². The first-order valence-corrected chi connectivity index (χ1v) is 11.5. The molecule has 3 heterocycles. The normalized spacial score (nSPS) is 17.1. The van der Waals surface area contributed by atoms with E-state index in [1.165, 1.54) is 37.8 Å². The standard InChI is InChI=1S/C25H25F3N6O4/c1-15-29-10-16(11-30-15)22(35)34-24(7-8-38-14-24)23(36)32-12-17-3-4-18(13-31-17)33-21-6-5-19(37-2)9-20(21)25(26,27)28/h3-6,9-11,13,33H,7-8,12,14H2,1-2H3,(H,32,36)(H,34,35)/t24-/m0/s1. The third-order valence-corrected chi connectivity index (χ3v) is 5.92. The molecule has 38 heavy (non-hydrogen) atoms. The van der Waals surface area contributed by atoms with Crippen molar-refractivity contribution in [3.63, 3.8) is 0 Å². The summed E-state index contributed by atoms with van der Waals surface area (Å²) in [7, 11) is 1.29. The number of alkyl halides is 3. The van der Waals surface area contributed by atoms with Crippen molar-refractivity contribution in [3.05, 3.63) is 71.6 Å². The van der Waals surface area contributed by atoms with Gasteiger partial charge in [0.25, 0.3) is 5.91 Å². The largest absolute Gasteiger partial charge is 0.497 e. The van der Waals surface area contributed by atoms with Crippen LogP contribution in [0, 0.1) is 6.92 Å². The molecule has 0 unspecified atom stereocenters. The van der Waals surface area contributed by atoms with Gasteiger partial charge >= 0.3 is 6.18 Å². The van der Waals surface area contributed by atoms with Crippen molar-refractivity contribution in [1.29, 1.82) is 0 Å². The molecule has 0 radical (unpaired) electrons. The fraction of sp³-hybridized carbons (Fsp3) is 0.320. The van der Waals surface area contributed by atoms with Crippen molar-refractivity contribution in [3.8, 4) is 5.75 Å². The topological polar surface area (TPSA) is 127 Å². The van der Waals surface area contributed by atoms with Crippen molar-refractivity contribution in [1.82, 2.24) is 25.6 Å². The second-order valence-corrected chi connectivity index (χ2v) is 8.61. The van der Waals surface area contributed by atoms with E-state index in [-0.39, 0.29) is 36.6 Å². The number of carbonyl (C=O) groups is 2.